The minimum Gasteiger partial charge on any atom is -0.340 e. The number of carbonyl (C=O) groups is 1. The van der Waals surface area contributed by atoms with E-state index in [2.05, 4.69) is 19.2 Å². The van der Waals surface area contributed by atoms with Gasteiger partial charge in [0.15, 0.2) is 0 Å². The lowest BCUT2D eigenvalue weighted by molar-refractivity contribution is -0.131. The molecule has 2 aliphatic rings. The second kappa shape index (κ2) is 10.7. The van der Waals surface area contributed by atoms with Crippen molar-refractivity contribution in [2.75, 3.05) is 32.7 Å². The van der Waals surface area contributed by atoms with Crippen LogP contribution in [0.25, 0.3) is 0 Å². The third kappa shape index (κ3) is 6.05. The summed E-state index contributed by atoms with van der Waals surface area (Å²) >= 11 is 0. The molecule has 1 aliphatic carbocycles. The van der Waals surface area contributed by atoms with Gasteiger partial charge in [-0.2, -0.15) is 4.31 Å². The highest BCUT2D eigenvalue weighted by molar-refractivity contribution is 7.89. The molecule has 7 heteroatoms. The van der Waals surface area contributed by atoms with Gasteiger partial charge in [-0.25, -0.2) is 8.42 Å². The molecule has 1 aliphatic heterocycles. The molecule has 0 aromatic heterocycles. The molecule has 0 bridgehead atoms. The van der Waals surface area contributed by atoms with Crippen LogP contribution >= 0.6 is 0 Å². The average molecular weight is 436 g/mol. The predicted octanol–water partition coefficient (Wildman–Crippen LogP) is 3.03. The first kappa shape index (κ1) is 23.2. The highest BCUT2D eigenvalue weighted by Gasteiger charge is 2.33. The number of rotatable bonds is 8. The number of nitrogens with zero attached hydrogens (tertiary/aromatic N) is 2. The maximum atomic E-state index is 13.5. The molecule has 0 radical (unpaired) electrons. The summed E-state index contributed by atoms with van der Waals surface area (Å²) in [5, 5.41) is 3.25. The topological polar surface area (TPSA) is 69.7 Å². The fourth-order valence-electron chi connectivity index (χ4n) is 4.55. The Balaban J connectivity index is 1.75. The first-order chi connectivity index (χ1) is 14.4. The van der Waals surface area contributed by atoms with Gasteiger partial charge in [0.05, 0.1) is 4.90 Å². The van der Waals surface area contributed by atoms with Gasteiger partial charge in [0.2, 0.25) is 15.9 Å². The van der Waals surface area contributed by atoms with Gasteiger partial charge >= 0.3 is 0 Å². The minimum atomic E-state index is -3.62. The van der Waals surface area contributed by atoms with E-state index in [1.165, 1.54) is 0 Å². The van der Waals surface area contributed by atoms with E-state index < -0.39 is 10.0 Å². The van der Waals surface area contributed by atoms with E-state index in [4.69, 9.17) is 0 Å². The molecule has 1 aromatic rings. The van der Waals surface area contributed by atoms with E-state index in [1.54, 1.807) is 16.4 Å². The monoisotopic (exact) mass is 435 g/mol. The molecule has 0 unspecified atom stereocenters. The summed E-state index contributed by atoms with van der Waals surface area (Å²) in [6.07, 6.45) is 6.21. The van der Waals surface area contributed by atoms with Crippen LogP contribution in [0.2, 0.25) is 0 Å². The molecule has 1 saturated heterocycles. The number of hydrogen-bond acceptors (Lipinski definition) is 4. The highest BCUT2D eigenvalue weighted by atomic mass is 32.2. The Morgan fingerprint density at radius 3 is 2.33 bits per heavy atom. The zero-order chi connectivity index (χ0) is 21.6. The van der Waals surface area contributed by atoms with Crippen LogP contribution in [-0.4, -0.2) is 62.3 Å². The number of hydrogen-bond donors (Lipinski definition) is 1. The van der Waals surface area contributed by atoms with Crippen molar-refractivity contribution in [3.63, 3.8) is 0 Å². The van der Waals surface area contributed by atoms with Crippen LogP contribution in [-0.2, 0) is 21.2 Å². The van der Waals surface area contributed by atoms with Crippen LogP contribution in [0.3, 0.4) is 0 Å². The Morgan fingerprint density at radius 2 is 1.73 bits per heavy atom. The zero-order valence-corrected chi connectivity index (χ0v) is 19.3. The van der Waals surface area contributed by atoms with Crippen molar-refractivity contribution in [3.8, 4) is 0 Å². The number of sulfonamides is 1. The van der Waals surface area contributed by atoms with Crippen molar-refractivity contribution in [2.24, 2.45) is 5.92 Å². The summed E-state index contributed by atoms with van der Waals surface area (Å²) in [4.78, 5) is 14.9. The van der Waals surface area contributed by atoms with Gasteiger partial charge in [-0.05, 0) is 42.9 Å². The van der Waals surface area contributed by atoms with Crippen LogP contribution in [0.4, 0.5) is 0 Å². The maximum absolute atomic E-state index is 13.5. The highest BCUT2D eigenvalue weighted by Crippen LogP contribution is 2.28. The predicted molar refractivity (Wildman–Crippen MR) is 120 cm³/mol. The van der Waals surface area contributed by atoms with Crippen molar-refractivity contribution in [3.05, 3.63) is 29.8 Å². The molecule has 6 nitrogen and oxygen atoms in total. The zero-order valence-electron chi connectivity index (χ0n) is 18.5. The van der Waals surface area contributed by atoms with Crippen molar-refractivity contribution in [2.45, 2.75) is 69.7 Å². The Hall–Kier alpha value is -1.44. The van der Waals surface area contributed by atoms with E-state index in [0.717, 1.165) is 57.2 Å². The number of benzene rings is 1. The first-order valence-electron chi connectivity index (χ1n) is 11.5. The quantitative estimate of drug-likeness (QED) is 0.681. The lowest BCUT2D eigenvalue weighted by atomic mass is 9.95. The van der Waals surface area contributed by atoms with E-state index in [0.29, 0.717) is 23.9 Å². The third-order valence-electron chi connectivity index (χ3n) is 6.17. The second-order valence-corrected chi connectivity index (χ2v) is 10.9. The molecule has 2 fully saturated rings. The van der Waals surface area contributed by atoms with E-state index in [9.17, 15) is 13.2 Å². The molecule has 0 spiro atoms. The van der Waals surface area contributed by atoms with Crippen LogP contribution in [0.1, 0.15) is 57.9 Å². The van der Waals surface area contributed by atoms with E-state index in [1.807, 2.05) is 17.0 Å². The van der Waals surface area contributed by atoms with Gasteiger partial charge in [0.25, 0.3) is 0 Å². The SMILES string of the molecule is CC(C)Cc1ccc(S(=O)(=O)N(CCC(=O)N2CCNCC2)C2CCCCC2)cc1. The van der Waals surface area contributed by atoms with Gasteiger partial charge in [0.1, 0.15) is 0 Å². The largest absolute Gasteiger partial charge is 0.340 e. The van der Waals surface area contributed by atoms with Crippen molar-refractivity contribution >= 4 is 15.9 Å². The Labute approximate surface area is 182 Å². The molecule has 1 saturated carbocycles. The molecule has 1 aromatic carbocycles. The lowest BCUT2D eigenvalue weighted by Crippen LogP contribution is -2.48. The lowest BCUT2D eigenvalue weighted by Gasteiger charge is -2.34. The minimum absolute atomic E-state index is 0.00471. The average Bonchev–Trinajstić information content (AvgIpc) is 2.75. The molecule has 3 rings (SSSR count). The molecule has 1 amide bonds. The number of carbonyl (C=O) groups excluding carboxylic acids is 1. The molecular formula is C23H37N3O3S. The van der Waals surface area contributed by atoms with Gasteiger partial charge in [-0.3, -0.25) is 4.79 Å². The second-order valence-electron chi connectivity index (χ2n) is 9.03. The van der Waals surface area contributed by atoms with Crippen LogP contribution in [0.5, 0.6) is 0 Å². The molecule has 30 heavy (non-hydrogen) atoms. The molecule has 1 N–H and O–H groups in total. The summed E-state index contributed by atoms with van der Waals surface area (Å²) in [6, 6.07) is 7.33. The third-order valence-corrected chi connectivity index (χ3v) is 8.14. The van der Waals surface area contributed by atoms with Gasteiger partial charge in [-0.15, -0.1) is 0 Å². The summed E-state index contributed by atoms with van der Waals surface area (Å²) in [7, 11) is -3.62. The smallest absolute Gasteiger partial charge is 0.243 e. The molecule has 1 heterocycles. The fraction of sp³-hybridized carbons (Fsp3) is 0.696. The summed E-state index contributed by atoms with van der Waals surface area (Å²) < 4.78 is 28.7. The Kier molecular flexibility index (Phi) is 8.31. The summed E-state index contributed by atoms with van der Waals surface area (Å²) in [6.45, 7) is 7.59. The van der Waals surface area contributed by atoms with Crippen molar-refractivity contribution in [1.82, 2.24) is 14.5 Å². The standard InChI is InChI=1S/C23H37N3O3S/c1-19(2)18-20-8-10-22(11-9-20)30(28,29)26(21-6-4-3-5-7-21)15-12-23(27)25-16-13-24-14-17-25/h8-11,19,21,24H,3-7,12-18H2,1-2H3. The Bertz CT molecular complexity index is 780. The fourth-order valence-corrected chi connectivity index (χ4v) is 6.24. The normalized spacial score (nSPS) is 18.9. The number of nitrogens with one attached hydrogen (secondary N) is 1. The number of amides is 1. The van der Waals surface area contributed by atoms with Crippen LogP contribution in [0, 0.1) is 5.92 Å². The summed E-state index contributed by atoms with van der Waals surface area (Å²) in [5.74, 6) is 0.585. The molecule has 168 valence electrons. The maximum Gasteiger partial charge on any atom is 0.243 e. The van der Waals surface area contributed by atoms with Gasteiger partial charge in [-0.1, -0.05) is 45.2 Å². The van der Waals surface area contributed by atoms with Crippen LogP contribution < -0.4 is 5.32 Å². The van der Waals surface area contributed by atoms with Gasteiger partial charge < -0.3 is 10.2 Å². The van der Waals surface area contributed by atoms with E-state index in [-0.39, 0.29) is 24.9 Å². The first-order valence-corrected chi connectivity index (χ1v) is 12.9. The van der Waals surface area contributed by atoms with Crippen LogP contribution in [0.15, 0.2) is 29.2 Å². The molecular weight excluding hydrogens is 398 g/mol. The van der Waals surface area contributed by atoms with Gasteiger partial charge in [0, 0.05) is 45.2 Å². The summed E-state index contributed by atoms with van der Waals surface area (Å²) in [5.41, 5.74) is 1.15. The van der Waals surface area contributed by atoms with Crippen molar-refractivity contribution in [1.29, 1.82) is 0 Å². The molecule has 0 atom stereocenters. The Morgan fingerprint density at radius 1 is 1.10 bits per heavy atom. The van der Waals surface area contributed by atoms with Crippen molar-refractivity contribution < 1.29 is 13.2 Å². The van der Waals surface area contributed by atoms with E-state index >= 15 is 0 Å². The number of piperazine rings is 1.